The van der Waals surface area contributed by atoms with Crippen LogP contribution in [-0.2, 0) is 6.54 Å². The van der Waals surface area contributed by atoms with Crippen molar-refractivity contribution >= 4 is 8.07 Å². The van der Waals surface area contributed by atoms with E-state index in [4.69, 9.17) is 4.74 Å². The van der Waals surface area contributed by atoms with Gasteiger partial charge in [-0.1, -0.05) is 47.5 Å². The van der Waals surface area contributed by atoms with Crippen LogP contribution in [0, 0.1) is 11.5 Å². The van der Waals surface area contributed by atoms with Crippen molar-refractivity contribution in [2.45, 2.75) is 64.7 Å². The fourth-order valence-corrected chi connectivity index (χ4v) is 8.74. The second-order valence-electron chi connectivity index (χ2n) is 6.88. The Kier molecular flexibility index (Phi) is 7.18. The summed E-state index contributed by atoms with van der Waals surface area (Å²) >= 11 is 0. The van der Waals surface area contributed by atoms with Gasteiger partial charge < -0.3 is 10.5 Å². The van der Waals surface area contributed by atoms with Crippen LogP contribution in [0.3, 0.4) is 0 Å². The molecule has 3 N–H and O–H groups in total. The van der Waals surface area contributed by atoms with Crippen molar-refractivity contribution in [2.24, 2.45) is 0 Å². The van der Waals surface area contributed by atoms with Crippen LogP contribution in [0.1, 0.15) is 47.1 Å². The molecule has 1 aromatic rings. The normalized spacial score (nSPS) is 11.7. The maximum Gasteiger partial charge on any atom is 0.148 e. The summed E-state index contributed by atoms with van der Waals surface area (Å²) in [5.41, 5.74) is 10.8. The molecule has 3 heteroatoms. The van der Waals surface area contributed by atoms with E-state index in [1.807, 2.05) is 12.1 Å². The maximum absolute atomic E-state index is 5.77. The lowest BCUT2D eigenvalue weighted by molar-refractivity contribution is -0.386. The Bertz CT molecular complexity index is 487. The van der Waals surface area contributed by atoms with Gasteiger partial charge in [-0.2, -0.15) is 0 Å². The van der Waals surface area contributed by atoms with Gasteiger partial charge >= 0.3 is 0 Å². The summed E-state index contributed by atoms with van der Waals surface area (Å²) in [7, 11) is -1.63. The summed E-state index contributed by atoms with van der Waals surface area (Å²) in [6.45, 7) is 15.3. The molecular formula is C19H32NOSi+. The highest BCUT2D eigenvalue weighted by atomic mass is 28.3. The lowest BCUT2D eigenvalue weighted by Crippen LogP contribution is -2.47. The number of rotatable bonds is 6. The van der Waals surface area contributed by atoms with Crippen LogP contribution in [0.2, 0.25) is 16.6 Å². The highest BCUT2D eigenvalue weighted by Crippen LogP contribution is 2.40. The van der Waals surface area contributed by atoms with E-state index in [9.17, 15) is 0 Å². The largest absolute Gasteiger partial charge is 0.481 e. The molecule has 122 valence electrons. The lowest BCUT2D eigenvalue weighted by atomic mass is 10.2. The molecule has 0 bridgehead atoms. The van der Waals surface area contributed by atoms with Crippen molar-refractivity contribution < 1.29 is 10.5 Å². The van der Waals surface area contributed by atoms with Gasteiger partial charge in [-0.05, 0) is 40.9 Å². The maximum atomic E-state index is 5.77. The van der Waals surface area contributed by atoms with Crippen molar-refractivity contribution in [1.82, 2.24) is 0 Å². The average molecular weight is 319 g/mol. The first-order valence-corrected chi connectivity index (χ1v) is 10.6. The standard InChI is InChI=1S/C19H31NOSi/c1-15(2)22(16(3)4,17(5)6)13-7-12-21-19-10-8-18(14-20)9-11-19/h8-11,15-17H,12,14,20H2,1-6H3/p+1. The van der Waals surface area contributed by atoms with Crippen LogP contribution in [0.25, 0.3) is 0 Å². The monoisotopic (exact) mass is 318 g/mol. The molecule has 0 spiro atoms. The van der Waals surface area contributed by atoms with Crippen LogP contribution >= 0.6 is 0 Å². The van der Waals surface area contributed by atoms with Gasteiger partial charge in [0.25, 0.3) is 0 Å². The molecule has 0 fully saturated rings. The molecule has 0 aliphatic carbocycles. The molecule has 0 saturated heterocycles. The molecule has 0 amide bonds. The second kappa shape index (κ2) is 8.41. The lowest BCUT2D eigenvalue weighted by Gasteiger charge is -2.38. The first kappa shape index (κ1) is 18.8. The molecule has 0 saturated carbocycles. The highest BCUT2D eigenvalue weighted by molar-refractivity contribution is 6.90. The van der Waals surface area contributed by atoms with Crippen molar-refractivity contribution in [1.29, 1.82) is 0 Å². The molecule has 0 atom stereocenters. The molecule has 1 aromatic carbocycles. The SMILES string of the molecule is CC(C)[Si](C#CCOc1ccc(C[NH3+])cc1)(C(C)C)C(C)C. The van der Waals surface area contributed by atoms with E-state index < -0.39 is 8.07 Å². The number of hydrogen-bond acceptors (Lipinski definition) is 1. The Balaban J connectivity index is 2.77. The summed E-state index contributed by atoms with van der Waals surface area (Å²) < 4.78 is 5.77. The van der Waals surface area contributed by atoms with Crippen LogP contribution in [-0.4, -0.2) is 14.7 Å². The van der Waals surface area contributed by atoms with Crippen molar-refractivity contribution in [3.05, 3.63) is 29.8 Å². The molecule has 0 heterocycles. The van der Waals surface area contributed by atoms with Crippen molar-refractivity contribution in [3.8, 4) is 17.2 Å². The number of benzene rings is 1. The van der Waals surface area contributed by atoms with Gasteiger partial charge in [0, 0.05) is 5.56 Å². The minimum atomic E-state index is -1.63. The third-order valence-electron chi connectivity index (χ3n) is 4.69. The Morgan fingerprint density at radius 1 is 0.955 bits per heavy atom. The third kappa shape index (κ3) is 4.38. The predicted octanol–water partition coefficient (Wildman–Crippen LogP) is 4.03. The summed E-state index contributed by atoms with van der Waals surface area (Å²) in [5, 5.41) is 0. The Labute approximate surface area is 137 Å². The van der Waals surface area contributed by atoms with E-state index in [0.29, 0.717) is 23.2 Å². The topological polar surface area (TPSA) is 36.9 Å². The molecule has 0 aromatic heterocycles. The number of ether oxygens (including phenoxy) is 1. The molecule has 0 radical (unpaired) electrons. The Morgan fingerprint density at radius 2 is 1.45 bits per heavy atom. The molecule has 22 heavy (non-hydrogen) atoms. The van der Waals surface area contributed by atoms with Crippen molar-refractivity contribution in [3.63, 3.8) is 0 Å². The molecular weight excluding hydrogens is 286 g/mol. The van der Waals surface area contributed by atoms with E-state index in [0.717, 1.165) is 12.3 Å². The van der Waals surface area contributed by atoms with E-state index in [-0.39, 0.29) is 0 Å². The molecule has 0 unspecified atom stereocenters. The van der Waals surface area contributed by atoms with Gasteiger partial charge in [0.15, 0.2) is 0 Å². The minimum Gasteiger partial charge on any atom is -0.481 e. The number of hydrogen-bond donors (Lipinski definition) is 1. The third-order valence-corrected chi connectivity index (χ3v) is 11.0. The highest BCUT2D eigenvalue weighted by Gasteiger charge is 2.41. The first-order chi connectivity index (χ1) is 10.3. The van der Waals surface area contributed by atoms with Gasteiger partial charge in [0.05, 0.1) is 6.54 Å². The van der Waals surface area contributed by atoms with Gasteiger partial charge in [-0.25, -0.2) is 0 Å². The molecule has 1 rings (SSSR count). The first-order valence-electron chi connectivity index (χ1n) is 8.35. The van der Waals surface area contributed by atoms with Gasteiger partial charge in [0.2, 0.25) is 0 Å². The molecule has 0 aliphatic rings. The summed E-state index contributed by atoms with van der Waals surface area (Å²) in [6, 6.07) is 8.12. The van der Waals surface area contributed by atoms with E-state index >= 15 is 0 Å². The van der Waals surface area contributed by atoms with Crippen LogP contribution in [0.4, 0.5) is 0 Å². The van der Waals surface area contributed by atoms with Crippen LogP contribution in [0.15, 0.2) is 24.3 Å². The smallest absolute Gasteiger partial charge is 0.148 e. The Morgan fingerprint density at radius 3 is 1.86 bits per heavy atom. The predicted molar refractivity (Wildman–Crippen MR) is 97.4 cm³/mol. The zero-order chi connectivity index (χ0) is 16.8. The van der Waals surface area contributed by atoms with Gasteiger partial charge in [0.1, 0.15) is 20.4 Å². The van der Waals surface area contributed by atoms with E-state index in [1.165, 1.54) is 5.56 Å². The van der Waals surface area contributed by atoms with Crippen LogP contribution in [0.5, 0.6) is 5.75 Å². The summed E-state index contributed by atoms with van der Waals surface area (Å²) in [4.78, 5) is 0. The second-order valence-corrected chi connectivity index (χ2v) is 12.5. The molecule has 2 nitrogen and oxygen atoms in total. The molecule has 0 aliphatic heterocycles. The van der Waals surface area contributed by atoms with E-state index in [2.05, 4.69) is 70.9 Å². The van der Waals surface area contributed by atoms with Gasteiger partial charge in [-0.15, -0.1) is 5.54 Å². The van der Waals surface area contributed by atoms with E-state index in [1.54, 1.807) is 0 Å². The summed E-state index contributed by atoms with van der Waals surface area (Å²) in [6.07, 6.45) is 0. The minimum absolute atomic E-state index is 0.477. The quantitative estimate of drug-likeness (QED) is 0.624. The summed E-state index contributed by atoms with van der Waals surface area (Å²) in [5.74, 6) is 4.21. The number of quaternary nitrogens is 1. The van der Waals surface area contributed by atoms with Crippen LogP contribution < -0.4 is 10.5 Å². The van der Waals surface area contributed by atoms with Crippen molar-refractivity contribution in [2.75, 3.05) is 6.61 Å². The zero-order valence-corrected chi connectivity index (χ0v) is 16.1. The zero-order valence-electron chi connectivity index (χ0n) is 15.1. The fourth-order valence-electron chi connectivity index (χ4n) is 3.49. The Hall–Kier alpha value is -1.24. The average Bonchev–Trinajstić information content (AvgIpc) is 2.46. The fraction of sp³-hybridized carbons (Fsp3) is 0.579. The van der Waals surface area contributed by atoms with Gasteiger partial charge in [-0.3, -0.25) is 0 Å².